The van der Waals surface area contributed by atoms with E-state index in [2.05, 4.69) is 11.4 Å². The minimum atomic E-state index is -0.106. The molecule has 5 nitrogen and oxygen atoms in total. The molecule has 0 fully saturated rings. The van der Waals surface area contributed by atoms with Crippen LogP contribution in [-0.2, 0) is 17.8 Å². The molecule has 0 bridgehead atoms. The van der Waals surface area contributed by atoms with Crippen molar-refractivity contribution in [3.05, 3.63) is 83.4 Å². The molecule has 1 aliphatic heterocycles. The van der Waals surface area contributed by atoms with Crippen LogP contribution in [0.4, 0.5) is 5.69 Å². The summed E-state index contributed by atoms with van der Waals surface area (Å²) in [6, 6.07) is 21.5. The summed E-state index contributed by atoms with van der Waals surface area (Å²) in [7, 11) is 1.63. The lowest BCUT2D eigenvalue weighted by atomic mass is 10.0. The average molecular weight is 415 g/mol. The Hall–Kier alpha value is -3.60. The molecule has 1 aliphatic rings. The number of amides is 2. The number of ether oxygens (including phenoxy) is 1. The molecule has 0 unspecified atom stereocenters. The van der Waals surface area contributed by atoms with Gasteiger partial charge < -0.3 is 15.0 Å². The van der Waals surface area contributed by atoms with Crippen LogP contribution in [-0.4, -0.2) is 25.5 Å². The van der Waals surface area contributed by atoms with Gasteiger partial charge in [-0.05, 0) is 65.1 Å². The lowest BCUT2D eigenvalue weighted by Crippen LogP contribution is -2.27. The lowest BCUT2D eigenvalue weighted by molar-refractivity contribution is -0.118. The molecule has 2 amide bonds. The molecule has 0 atom stereocenters. The number of hydrogen-bond donors (Lipinski definition) is 1. The summed E-state index contributed by atoms with van der Waals surface area (Å²) in [4.78, 5) is 26.5. The van der Waals surface area contributed by atoms with Crippen molar-refractivity contribution in [3.63, 3.8) is 0 Å². The maximum Gasteiger partial charge on any atom is 0.251 e. The Balaban J connectivity index is 1.42. The van der Waals surface area contributed by atoms with Crippen molar-refractivity contribution < 1.29 is 14.3 Å². The van der Waals surface area contributed by atoms with Crippen molar-refractivity contribution in [3.8, 4) is 16.9 Å². The number of benzene rings is 3. The van der Waals surface area contributed by atoms with Crippen LogP contribution in [0.5, 0.6) is 5.75 Å². The van der Waals surface area contributed by atoms with Crippen LogP contribution in [0.2, 0.25) is 0 Å². The molecule has 158 valence electrons. The molecule has 4 rings (SSSR count). The van der Waals surface area contributed by atoms with Crippen LogP contribution < -0.4 is 15.0 Å². The van der Waals surface area contributed by atoms with Crippen molar-refractivity contribution in [2.75, 3.05) is 18.6 Å². The van der Waals surface area contributed by atoms with Gasteiger partial charge in [-0.2, -0.15) is 0 Å². The van der Waals surface area contributed by atoms with Gasteiger partial charge in [-0.15, -0.1) is 0 Å². The van der Waals surface area contributed by atoms with Gasteiger partial charge in [-0.25, -0.2) is 0 Å². The van der Waals surface area contributed by atoms with Crippen LogP contribution in [0.15, 0.2) is 66.7 Å². The van der Waals surface area contributed by atoms with E-state index in [4.69, 9.17) is 4.74 Å². The molecule has 1 N–H and O–H groups in total. The van der Waals surface area contributed by atoms with Crippen molar-refractivity contribution in [2.24, 2.45) is 0 Å². The molecular formula is C26H26N2O3. The third-order valence-corrected chi connectivity index (χ3v) is 5.67. The van der Waals surface area contributed by atoms with Gasteiger partial charge in [0.2, 0.25) is 5.91 Å². The first-order valence-corrected chi connectivity index (χ1v) is 10.5. The van der Waals surface area contributed by atoms with Crippen molar-refractivity contribution >= 4 is 17.5 Å². The molecule has 0 saturated carbocycles. The predicted octanol–water partition coefficient (Wildman–Crippen LogP) is 4.59. The molecule has 0 spiro atoms. The minimum absolute atomic E-state index is 0.106. The maximum absolute atomic E-state index is 12.5. The van der Waals surface area contributed by atoms with E-state index in [0.717, 1.165) is 41.1 Å². The number of anilines is 1. The zero-order valence-corrected chi connectivity index (χ0v) is 17.9. The maximum atomic E-state index is 12.5. The average Bonchev–Trinajstić information content (AvgIpc) is 3.25. The number of nitrogens with one attached hydrogen (secondary N) is 1. The largest absolute Gasteiger partial charge is 0.497 e. The van der Waals surface area contributed by atoms with Crippen LogP contribution in [0.3, 0.4) is 0 Å². The second-order valence-electron chi connectivity index (χ2n) is 7.60. The number of nitrogens with zero attached hydrogens (tertiary/aromatic N) is 1. The van der Waals surface area contributed by atoms with E-state index in [9.17, 15) is 9.59 Å². The standard InChI is InChI=1S/C26H26N2O3/c1-3-25(29)28-15-14-22-16-21(10-13-24(22)28)19-6-8-20(9-7-19)26(30)27-17-18-4-11-23(31-2)12-5-18/h4-13,16H,3,14-15,17H2,1-2H3,(H,27,30). The van der Waals surface area contributed by atoms with Gasteiger partial charge in [0.1, 0.15) is 5.75 Å². The summed E-state index contributed by atoms with van der Waals surface area (Å²) in [5, 5.41) is 2.95. The van der Waals surface area contributed by atoms with Gasteiger partial charge in [0.05, 0.1) is 7.11 Å². The smallest absolute Gasteiger partial charge is 0.251 e. The second-order valence-corrected chi connectivity index (χ2v) is 7.60. The first-order chi connectivity index (χ1) is 15.1. The summed E-state index contributed by atoms with van der Waals surface area (Å²) < 4.78 is 5.15. The summed E-state index contributed by atoms with van der Waals surface area (Å²) in [5.41, 5.74) is 5.99. The highest BCUT2D eigenvalue weighted by Crippen LogP contribution is 2.32. The number of rotatable bonds is 6. The highest BCUT2D eigenvalue weighted by molar-refractivity contribution is 5.96. The van der Waals surface area contributed by atoms with Crippen molar-refractivity contribution in [1.29, 1.82) is 0 Å². The fourth-order valence-electron chi connectivity index (χ4n) is 3.87. The lowest BCUT2D eigenvalue weighted by Gasteiger charge is -2.16. The molecule has 1 heterocycles. The molecule has 3 aromatic carbocycles. The number of methoxy groups -OCH3 is 1. The van der Waals surface area contributed by atoms with Crippen LogP contribution in [0.1, 0.15) is 34.8 Å². The zero-order valence-electron chi connectivity index (χ0n) is 17.9. The van der Waals surface area contributed by atoms with Gasteiger partial charge in [-0.3, -0.25) is 9.59 Å². The SMILES string of the molecule is CCC(=O)N1CCc2cc(-c3ccc(C(=O)NCc4ccc(OC)cc4)cc3)ccc21. The zero-order chi connectivity index (χ0) is 21.8. The van der Waals surface area contributed by atoms with Gasteiger partial charge in [0.25, 0.3) is 5.91 Å². The Morgan fingerprint density at radius 1 is 0.968 bits per heavy atom. The van der Waals surface area contributed by atoms with Crippen LogP contribution >= 0.6 is 0 Å². The first kappa shape index (κ1) is 20.7. The summed E-state index contributed by atoms with van der Waals surface area (Å²) in [6.45, 7) is 3.10. The van der Waals surface area contributed by atoms with Gasteiger partial charge in [-0.1, -0.05) is 37.3 Å². The molecule has 31 heavy (non-hydrogen) atoms. The molecule has 0 aromatic heterocycles. The van der Waals surface area contributed by atoms with E-state index in [-0.39, 0.29) is 11.8 Å². The fraction of sp³-hybridized carbons (Fsp3) is 0.231. The quantitative estimate of drug-likeness (QED) is 0.642. The van der Waals surface area contributed by atoms with Crippen molar-refractivity contribution in [1.82, 2.24) is 5.32 Å². The molecule has 5 heteroatoms. The number of fused-ring (bicyclic) bond motifs is 1. The molecule has 3 aromatic rings. The van der Waals surface area contributed by atoms with Gasteiger partial charge in [0, 0.05) is 30.8 Å². The molecule has 0 aliphatic carbocycles. The van der Waals surface area contributed by atoms with E-state index in [0.29, 0.717) is 18.5 Å². The van der Waals surface area contributed by atoms with E-state index < -0.39 is 0 Å². The summed E-state index contributed by atoms with van der Waals surface area (Å²) in [6.07, 6.45) is 1.39. The molecular weight excluding hydrogens is 388 g/mol. The normalized spacial score (nSPS) is 12.4. The van der Waals surface area contributed by atoms with E-state index in [1.807, 2.05) is 72.5 Å². The minimum Gasteiger partial charge on any atom is -0.497 e. The Morgan fingerprint density at radius 2 is 1.68 bits per heavy atom. The third kappa shape index (κ3) is 4.45. The molecule has 0 saturated heterocycles. The van der Waals surface area contributed by atoms with Crippen molar-refractivity contribution in [2.45, 2.75) is 26.3 Å². The highest BCUT2D eigenvalue weighted by atomic mass is 16.5. The van der Waals surface area contributed by atoms with E-state index in [1.54, 1.807) is 7.11 Å². The Bertz CT molecular complexity index is 1090. The van der Waals surface area contributed by atoms with Crippen LogP contribution in [0, 0.1) is 0 Å². The first-order valence-electron chi connectivity index (χ1n) is 10.5. The topological polar surface area (TPSA) is 58.6 Å². The Morgan fingerprint density at radius 3 is 2.35 bits per heavy atom. The summed E-state index contributed by atoms with van der Waals surface area (Å²) >= 11 is 0. The third-order valence-electron chi connectivity index (χ3n) is 5.67. The van der Waals surface area contributed by atoms with E-state index >= 15 is 0 Å². The monoisotopic (exact) mass is 414 g/mol. The van der Waals surface area contributed by atoms with Gasteiger partial charge >= 0.3 is 0 Å². The summed E-state index contributed by atoms with van der Waals surface area (Å²) in [5.74, 6) is 0.850. The fourth-order valence-corrected chi connectivity index (χ4v) is 3.87. The molecule has 0 radical (unpaired) electrons. The Labute approximate surface area is 182 Å². The number of carbonyl (C=O) groups is 2. The van der Waals surface area contributed by atoms with Gasteiger partial charge in [0.15, 0.2) is 0 Å². The predicted molar refractivity (Wildman–Crippen MR) is 122 cm³/mol. The second kappa shape index (κ2) is 9.04. The number of carbonyl (C=O) groups excluding carboxylic acids is 2. The van der Waals surface area contributed by atoms with E-state index in [1.165, 1.54) is 5.56 Å². The Kier molecular flexibility index (Phi) is 6.03. The van der Waals surface area contributed by atoms with Crippen LogP contribution in [0.25, 0.3) is 11.1 Å². The highest BCUT2D eigenvalue weighted by Gasteiger charge is 2.23. The number of hydrogen-bond acceptors (Lipinski definition) is 3.